The zero-order chi connectivity index (χ0) is 15.3. The van der Waals surface area contributed by atoms with E-state index in [1.54, 1.807) is 0 Å². The maximum absolute atomic E-state index is 11.8. The highest BCUT2D eigenvalue weighted by atomic mass is 16.2. The molecule has 0 spiro atoms. The summed E-state index contributed by atoms with van der Waals surface area (Å²) in [7, 11) is 0. The molecule has 21 heavy (non-hydrogen) atoms. The van der Waals surface area contributed by atoms with E-state index in [0.717, 1.165) is 51.6 Å². The van der Waals surface area contributed by atoms with Crippen molar-refractivity contribution >= 4 is 11.7 Å². The van der Waals surface area contributed by atoms with Crippen molar-refractivity contribution in [1.82, 2.24) is 4.90 Å². The van der Waals surface area contributed by atoms with Crippen LogP contribution in [0.1, 0.15) is 90.4 Å². The minimum Gasteiger partial charge on any atom is -0.343 e. The molecule has 0 unspecified atom stereocenters. The molecule has 1 rings (SSSR count). The normalized spacial score (nSPS) is 14.9. The molecule has 1 saturated heterocycles. The van der Waals surface area contributed by atoms with Crippen molar-refractivity contribution in [3.8, 4) is 0 Å². The third-order valence-electron chi connectivity index (χ3n) is 4.36. The van der Waals surface area contributed by atoms with Crippen LogP contribution in [-0.4, -0.2) is 29.7 Å². The molecule has 0 bridgehead atoms. The Kier molecular flexibility index (Phi) is 10.2. The molecule has 0 aromatic heterocycles. The Labute approximate surface area is 130 Å². The molecule has 1 aliphatic rings. The summed E-state index contributed by atoms with van der Waals surface area (Å²) in [6.07, 6.45) is 14.0. The fourth-order valence-corrected chi connectivity index (χ4v) is 2.97. The molecule has 0 aliphatic carbocycles. The van der Waals surface area contributed by atoms with Gasteiger partial charge in [-0.05, 0) is 25.7 Å². The van der Waals surface area contributed by atoms with E-state index in [-0.39, 0.29) is 0 Å². The van der Waals surface area contributed by atoms with Crippen LogP contribution in [-0.2, 0) is 9.59 Å². The van der Waals surface area contributed by atoms with Gasteiger partial charge < -0.3 is 4.90 Å². The number of carbonyl (C=O) groups excluding carboxylic acids is 2. The topological polar surface area (TPSA) is 37.4 Å². The number of ketones is 1. The molecule has 1 fully saturated rings. The van der Waals surface area contributed by atoms with E-state index >= 15 is 0 Å². The average molecular weight is 295 g/mol. The number of amides is 1. The van der Waals surface area contributed by atoms with Crippen LogP contribution in [0.25, 0.3) is 0 Å². The summed E-state index contributed by atoms with van der Waals surface area (Å²) in [6, 6.07) is 0. The molecule has 0 aromatic carbocycles. The Morgan fingerprint density at radius 1 is 0.952 bits per heavy atom. The van der Waals surface area contributed by atoms with Gasteiger partial charge in [0.25, 0.3) is 0 Å². The summed E-state index contributed by atoms with van der Waals surface area (Å²) in [5.41, 5.74) is 0. The Bertz CT molecular complexity index is 302. The number of unbranched alkanes of at least 4 members (excludes halogenated alkanes) is 7. The fourth-order valence-electron chi connectivity index (χ4n) is 2.97. The lowest BCUT2D eigenvalue weighted by atomic mass is 10.0. The predicted octanol–water partition coefficient (Wildman–Crippen LogP) is 4.49. The first-order valence-corrected chi connectivity index (χ1v) is 9.03. The van der Waals surface area contributed by atoms with E-state index < -0.39 is 0 Å². The molecule has 0 radical (unpaired) electrons. The summed E-state index contributed by atoms with van der Waals surface area (Å²) < 4.78 is 0. The van der Waals surface area contributed by atoms with Crippen molar-refractivity contribution in [1.29, 1.82) is 0 Å². The van der Waals surface area contributed by atoms with Gasteiger partial charge in [0.2, 0.25) is 5.91 Å². The first-order valence-electron chi connectivity index (χ1n) is 9.03. The summed E-state index contributed by atoms with van der Waals surface area (Å²) in [5, 5.41) is 0. The van der Waals surface area contributed by atoms with E-state index in [2.05, 4.69) is 6.92 Å². The van der Waals surface area contributed by atoms with Crippen molar-refractivity contribution in [2.24, 2.45) is 0 Å². The Morgan fingerprint density at radius 2 is 1.57 bits per heavy atom. The van der Waals surface area contributed by atoms with E-state index in [4.69, 9.17) is 0 Å². The number of Topliss-reactive ketones (excluding diaryl/α,β-unsaturated/α-hetero) is 1. The lowest BCUT2D eigenvalue weighted by Gasteiger charge is -2.14. The largest absolute Gasteiger partial charge is 0.343 e. The molecule has 0 N–H and O–H groups in total. The highest BCUT2D eigenvalue weighted by Gasteiger charge is 2.18. The van der Waals surface area contributed by atoms with Gasteiger partial charge >= 0.3 is 0 Å². The van der Waals surface area contributed by atoms with Crippen LogP contribution >= 0.6 is 0 Å². The van der Waals surface area contributed by atoms with E-state index in [1.807, 2.05) is 4.90 Å². The molecular formula is C18H33NO2. The maximum Gasteiger partial charge on any atom is 0.222 e. The minimum absolute atomic E-state index is 0.296. The molecule has 1 heterocycles. The molecule has 1 amide bonds. The van der Waals surface area contributed by atoms with Crippen molar-refractivity contribution in [3.05, 3.63) is 0 Å². The van der Waals surface area contributed by atoms with Crippen LogP contribution in [0.4, 0.5) is 0 Å². The lowest BCUT2D eigenvalue weighted by molar-refractivity contribution is -0.127. The van der Waals surface area contributed by atoms with Crippen molar-refractivity contribution in [2.45, 2.75) is 90.4 Å². The van der Waals surface area contributed by atoms with Crippen molar-refractivity contribution in [3.63, 3.8) is 0 Å². The Balaban J connectivity index is 1.86. The zero-order valence-electron chi connectivity index (χ0n) is 13.9. The number of carbonyl (C=O) groups is 2. The van der Waals surface area contributed by atoms with Gasteiger partial charge in [-0.2, -0.15) is 0 Å². The van der Waals surface area contributed by atoms with Crippen LogP contribution in [0.15, 0.2) is 0 Å². The summed E-state index contributed by atoms with van der Waals surface area (Å²) >= 11 is 0. The molecule has 3 heteroatoms. The quantitative estimate of drug-likeness (QED) is 0.469. The van der Waals surface area contributed by atoms with Crippen LogP contribution in [0, 0.1) is 0 Å². The third-order valence-corrected chi connectivity index (χ3v) is 4.36. The van der Waals surface area contributed by atoms with E-state index in [0.29, 0.717) is 18.1 Å². The van der Waals surface area contributed by atoms with E-state index in [9.17, 15) is 9.59 Å². The van der Waals surface area contributed by atoms with Gasteiger partial charge in [-0.15, -0.1) is 0 Å². The first kappa shape index (κ1) is 18.2. The first-order chi connectivity index (χ1) is 10.2. The van der Waals surface area contributed by atoms with Gasteiger partial charge in [0.15, 0.2) is 0 Å². The highest BCUT2D eigenvalue weighted by Crippen LogP contribution is 2.12. The number of likely N-dealkylation sites (tertiary alicyclic amines) is 1. The second-order valence-electron chi connectivity index (χ2n) is 6.35. The third kappa shape index (κ3) is 8.90. The maximum atomic E-state index is 11.8. The smallest absolute Gasteiger partial charge is 0.222 e. The van der Waals surface area contributed by atoms with Crippen LogP contribution in [0.3, 0.4) is 0 Å². The number of hydrogen-bond acceptors (Lipinski definition) is 2. The molecule has 1 aliphatic heterocycles. The standard InChI is InChI=1S/C18H33NO2/c1-2-3-4-5-6-7-8-12-17(20)13-9-10-15-19-16-11-14-18(19)21/h2-16H2,1H3. The minimum atomic E-state index is 0.296. The Morgan fingerprint density at radius 3 is 2.19 bits per heavy atom. The van der Waals surface area contributed by atoms with Gasteiger partial charge in [0.1, 0.15) is 5.78 Å². The molecule has 0 aromatic rings. The van der Waals surface area contributed by atoms with Gasteiger partial charge in [0, 0.05) is 32.4 Å². The second-order valence-corrected chi connectivity index (χ2v) is 6.35. The molecule has 3 nitrogen and oxygen atoms in total. The zero-order valence-corrected chi connectivity index (χ0v) is 13.9. The van der Waals surface area contributed by atoms with Crippen molar-refractivity contribution < 1.29 is 9.59 Å². The molecular weight excluding hydrogens is 262 g/mol. The number of nitrogens with zero attached hydrogens (tertiary/aromatic N) is 1. The van der Waals surface area contributed by atoms with Crippen LogP contribution in [0.5, 0.6) is 0 Å². The molecule has 0 saturated carbocycles. The second kappa shape index (κ2) is 11.8. The average Bonchev–Trinajstić information content (AvgIpc) is 2.88. The van der Waals surface area contributed by atoms with Crippen LogP contribution in [0.2, 0.25) is 0 Å². The number of rotatable bonds is 13. The van der Waals surface area contributed by atoms with Gasteiger partial charge in [-0.1, -0.05) is 45.4 Å². The van der Waals surface area contributed by atoms with E-state index in [1.165, 1.54) is 38.5 Å². The summed E-state index contributed by atoms with van der Waals surface area (Å²) in [6.45, 7) is 4.01. The summed E-state index contributed by atoms with van der Waals surface area (Å²) in [4.78, 5) is 25.1. The fraction of sp³-hybridized carbons (Fsp3) is 0.889. The molecule has 122 valence electrons. The monoisotopic (exact) mass is 295 g/mol. The van der Waals surface area contributed by atoms with Crippen LogP contribution < -0.4 is 0 Å². The molecule has 0 atom stereocenters. The Hall–Kier alpha value is -0.860. The van der Waals surface area contributed by atoms with Gasteiger partial charge in [0.05, 0.1) is 0 Å². The lowest BCUT2D eigenvalue weighted by Crippen LogP contribution is -2.25. The summed E-state index contributed by atoms with van der Waals surface area (Å²) in [5.74, 6) is 0.709. The number of hydrogen-bond donors (Lipinski definition) is 0. The van der Waals surface area contributed by atoms with Gasteiger partial charge in [-0.25, -0.2) is 0 Å². The predicted molar refractivity (Wildman–Crippen MR) is 87.3 cm³/mol. The highest BCUT2D eigenvalue weighted by molar-refractivity contribution is 5.78. The van der Waals surface area contributed by atoms with Gasteiger partial charge in [-0.3, -0.25) is 9.59 Å². The SMILES string of the molecule is CCCCCCCCCC(=O)CCCCN1CCCC1=O. The van der Waals surface area contributed by atoms with Crippen molar-refractivity contribution in [2.75, 3.05) is 13.1 Å².